The van der Waals surface area contributed by atoms with Gasteiger partial charge < -0.3 is 5.32 Å². The first-order valence-electron chi connectivity index (χ1n) is 8.10. The van der Waals surface area contributed by atoms with Crippen molar-refractivity contribution in [2.45, 2.75) is 12.5 Å². The summed E-state index contributed by atoms with van der Waals surface area (Å²) in [7, 11) is 0. The number of nitrogens with one attached hydrogen (secondary N) is 1. The van der Waals surface area contributed by atoms with Crippen LogP contribution in [0, 0.1) is 5.82 Å². The maximum atomic E-state index is 13.8. The second-order valence-electron chi connectivity index (χ2n) is 5.97. The molecule has 6 heteroatoms. The average Bonchev–Trinajstić information content (AvgIpc) is 3.28. The molecular formula is C19H17FN2OS2. The van der Waals surface area contributed by atoms with E-state index in [1.807, 2.05) is 6.07 Å². The molecule has 1 atom stereocenters. The van der Waals surface area contributed by atoms with Crippen molar-refractivity contribution < 1.29 is 9.18 Å². The summed E-state index contributed by atoms with van der Waals surface area (Å²) >= 11 is 3.48. The van der Waals surface area contributed by atoms with Gasteiger partial charge in [-0.3, -0.25) is 9.69 Å². The van der Waals surface area contributed by atoms with Crippen molar-refractivity contribution in [1.82, 2.24) is 4.90 Å². The van der Waals surface area contributed by atoms with Gasteiger partial charge in [-0.2, -0.15) is 0 Å². The van der Waals surface area contributed by atoms with Gasteiger partial charge in [-0.1, -0.05) is 18.2 Å². The molecule has 0 saturated heterocycles. The predicted molar refractivity (Wildman–Crippen MR) is 101 cm³/mol. The Hall–Kier alpha value is -2.02. The molecule has 1 aliphatic rings. The molecule has 128 valence electrons. The van der Waals surface area contributed by atoms with E-state index in [-0.39, 0.29) is 24.2 Å². The second-order valence-corrected chi connectivity index (χ2v) is 7.95. The first kappa shape index (κ1) is 16.4. The normalized spacial score (nSPS) is 17.2. The Morgan fingerprint density at radius 1 is 1.16 bits per heavy atom. The Morgan fingerprint density at radius 3 is 2.84 bits per heavy atom. The smallest absolute Gasteiger partial charge is 0.238 e. The number of benzene rings is 1. The fourth-order valence-electron chi connectivity index (χ4n) is 3.26. The topological polar surface area (TPSA) is 32.3 Å². The fraction of sp³-hybridized carbons (Fsp3) is 0.211. The van der Waals surface area contributed by atoms with Crippen LogP contribution in [-0.2, 0) is 11.2 Å². The Labute approximate surface area is 153 Å². The Balaban J connectivity index is 1.55. The van der Waals surface area contributed by atoms with Gasteiger partial charge in [0.1, 0.15) is 5.82 Å². The van der Waals surface area contributed by atoms with Crippen molar-refractivity contribution in [2.24, 2.45) is 0 Å². The van der Waals surface area contributed by atoms with Crippen LogP contribution in [0.1, 0.15) is 21.4 Å². The summed E-state index contributed by atoms with van der Waals surface area (Å²) < 4.78 is 13.8. The summed E-state index contributed by atoms with van der Waals surface area (Å²) in [5.41, 5.74) is 1.52. The van der Waals surface area contributed by atoms with E-state index < -0.39 is 5.82 Å². The molecule has 25 heavy (non-hydrogen) atoms. The number of rotatable bonds is 4. The lowest BCUT2D eigenvalue weighted by molar-refractivity contribution is -0.117. The number of carbonyl (C=O) groups excluding carboxylic acids is 1. The van der Waals surface area contributed by atoms with Gasteiger partial charge in [0.25, 0.3) is 0 Å². The van der Waals surface area contributed by atoms with E-state index in [2.05, 4.69) is 33.1 Å². The minimum Gasteiger partial charge on any atom is -0.322 e. The molecule has 1 amide bonds. The van der Waals surface area contributed by atoms with E-state index in [9.17, 15) is 9.18 Å². The molecule has 0 bridgehead atoms. The van der Waals surface area contributed by atoms with Gasteiger partial charge in [0.05, 0.1) is 18.3 Å². The van der Waals surface area contributed by atoms with Crippen LogP contribution < -0.4 is 5.32 Å². The van der Waals surface area contributed by atoms with Crippen LogP contribution in [0.2, 0.25) is 0 Å². The van der Waals surface area contributed by atoms with Crippen LogP contribution >= 0.6 is 22.7 Å². The predicted octanol–water partition coefficient (Wildman–Crippen LogP) is 4.53. The third-order valence-electron chi connectivity index (χ3n) is 4.37. The van der Waals surface area contributed by atoms with Crippen molar-refractivity contribution >= 4 is 34.3 Å². The number of para-hydroxylation sites is 1. The molecule has 1 N–H and O–H groups in total. The van der Waals surface area contributed by atoms with Crippen LogP contribution in [0.3, 0.4) is 0 Å². The zero-order valence-corrected chi connectivity index (χ0v) is 15.1. The van der Waals surface area contributed by atoms with Crippen molar-refractivity contribution in [3.63, 3.8) is 0 Å². The molecule has 1 aromatic carbocycles. The summed E-state index contributed by atoms with van der Waals surface area (Å²) in [6, 6.07) is 12.7. The van der Waals surface area contributed by atoms with Crippen LogP contribution in [0.4, 0.5) is 10.1 Å². The highest BCUT2D eigenvalue weighted by molar-refractivity contribution is 7.10. The SMILES string of the molecule is O=C(CN1CCc2sccc2[C@@H]1c1cccs1)Nc1ccccc1F. The average molecular weight is 372 g/mol. The van der Waals surface area contributed by atoms with Gasteiger partial charge >= 0.3 is 0 Å². The molecule has 0 radical (unpaired) electrons. The number of hydrogen-bond acceptors (Lipinski definition) is 4. The Morgan fingerprint density at radius 2 is 2.04 bits per heavy atom. The molecule has 3 nitrogen and oxygen atoms in total. The third-order valence-corrected chi connectivity index (χ3v) is 6.29. The van der Waals surface area contributed by atoms with Gasteiger partial charge in [0, 0.05) is 16.3 Å². The molecule has 4 rings (SSSR count). The summed E-state index contributed by atoms with van der Waals surface area (Å²) in [6.45, 7) is 1.06. The molecule has 0 saturated carbocycles. The number of carbonyl (C=O) groups is 1. The lowest BCUT2D eigenvalue weighted by Crippen LogP contribution is -2.40. The molecule has 0 spiro atoms. The summed E-state index contributed by atoms with van der Waals surface area (Å²) in [6.07, 6.45) is 0.946. The van der Waals surface area contributed by atoms with E-state index in [1.54, 1.807) is 40.9 Å². The van der Waals surface area contributed by atoms with E-state index >= 15 is 0 Å². The number of halogens is 1. The molecule has 3 aromatic rings. The minimum absolute atomic E-state index is 0.0985. The number of thiophene rings is 2. The molecule has 0 fully saturated rings. The number of fused-ring (bicyclic) bond motifs is 1. The van der Waals surface area contributed by atoms with Gasteiger partial charge in [-0.25, -0.2) is 4.39 Å². The molecule has 1 aliphatic heterocycles. The molecule has 2 aromatic heterocycles. The quantitative estimate of drug-likeness (QED) is 0.729. The number of nitrogens with zero attached hydrogens (tertiary/aromatic N) is 1. The summed E-state index contributed by atoms with van der Waals surface area (Å²) in [4.78, 5) is 17.3. The highest BCUT2D eigenvalue weighted by Crippen LogP contribution is 2.39. The van der Waals surface area contributed by atoms with Crippen molar-refractivity contribution in [2.75, 3.05) is 18.4 Å². The first-order valence-corrected chi connectivity index (χ1v) is 9.86. The van der Waals surface area contributed by atoms with Gasteiger partial charge in [-0.05, 0) is 47.0 Å². The van der Waals surface area contributed by atoms with Gasteiger partial charge in [0.15, 0.2) is 0 Å². The number of hydrogen-bond donors (Lipinski definition) is 1. The van der Waals surface area contributed by atoms with E-state index in [4.69, 9.17) is 0 Å². The Kier molecular flexibility index (Phi) is 4.65. The largest absolute Gasteiger partial charge is 0.322 e. The zero-order valence-electron chi connectivity index (χ0n) is 13.4. The zero-order chi connectivity index (χ0) is 17.2. The summed E-state index contributed by atoms with van der Waals surface area (Å²) in [5.74, 6) is -0.602. The van der Waals surface area contributed by atoms with Crippen molar-refractivity contribution in [3.8, 4) is 0 Å². The highest BCUT2D eigenvalue weighted by Gasteiger charge is 2.31. The third kappa shape index (κ3) is 3.38. The van der Waals surface area contributed by atoms with E-state index in [1.165, 1.54) is 21.4 Å². The van der Waals surface area contributed by atoms with Crippen LogP contribution in [0.25, 0.3) is 0 Å². The molecule has 3 heterocycles. The summed E-state index contributed by atoms with van der Waals surface area (Å²) in [5, 5.41) is 6.87. The number of amides is 1. The van der Waals surface area contributed by atoms with Gasteiger partial charge in [0.2, 0.25) is 5.91 Å². The van der Waals surface area contributed by atoms with E-state index in [0.29, 0.717) is 0 Å². The minimum atomic E-state index is -0.413. The van der Waals surface area contributed by atoms with Crippen molar-refractivity contribution in [1.29, 1.82) is 0 Å². The lowest BCUT2D eigenvalue weighted by atomic mass is 9.98. The monoisotopic (exact) mass is 372 g/mol. The fourth-order valence-corrected chi connectivity index (χ4v) is 5.04. The van der Waals surface area contributed by atoms with Crippen LogP contribution in [0.15, 0.2) is 53.2 Å². The second kappa shape index (κ2) is 7.07. The standard InChI is InChI=1S/C19H17FN2OS2/c20-14-4-1-2-5-15(14)21-18(23)12-22-9-7-16-13(8-11-25-16)19(22)17-6-3-10-24-17/h1-6,8,10-11,19H,7,9,12H2,(H,21,23)/t19-/m1/s1. The lowest BCUT2D eigenvalue weighted by Gasteiger charge is -2.34. The molecular weight excluding hydrogens is 355 g/mol. The van der Waals surface area contributed by atoms with Crippen molar-refractivity contribution in [3.05, 3.63) is 74.4 Å². The van der Waals surface area contributed by atoms with Crippen LogP contribution in [-0.4, -0.2) is 23.9 Å². The molecule has 0 aliphatic carbocycles. The van der Waals surface area contributed by atoms with Crippen LogP contribution in [0.5, 0.6) is 0 Å². The maximum absolute atomic E-state index is 13.8. The molecule has 0 unspecified atom stereocenters. The van der Waals surface area contributed by atoms with E-state index in [0.717, 1.165) is 13.0 Å². The number of anilines is 1. The maximum Gasteiger partial charge on any atom is 0.238 e. The first-order chi connectivity index (χ1) is 12.2. The van der Waals surface area contributed by atoms with Gasteiger partial charge in [-0.15, -0.1) is 22.7 Å². The Bertz CT molecular complexity index is 875. The highest BCUT2D eigenvalue weighted by atomic mass is 32.1.